The van der Waals surface area contributed by atoms with Gasteiger partial charge in [-0.25, -0.2) is 0 Å². The quantitative estimate of drug-likeness (QED) is 0.663. The zero-order valence-corrected chi connectivity index (χ0v) is 8.15. The summed E-state index contributed by atoms with van der Waals surface area (Å²) >= 11 is 0. The summed E-state index contributed by atoms with van der Waals surface area (Å²) in [5.41, 5.74) is 0. The molecule has 2 nitrogen and oxygen atoms in total. The molecule has 2 heterocycles. The van der Waals surface area contributed by atoms with Crippen LogP contribution < -0.4 is 0 Å². The molecule has 74 valence electrons. The molecule has 3 fully saturated rings. The maximum absolute atomic E-state index is 9.65. The maximum atomic E-state index is 9.65. The summed E-state index contributed by atoms with van der Waals surface area (Å²) in [7, 11) is 0. The summed E-state index contributed by atoms with van der Waals surface area (Å²) in [5.74, 6) is 0. The molecular formula is C11H19NO. The number of aliphatic hydroxyl groups excluding tert-OH is 1. The van der Waals surface area contributed by atoms with Crippen LogP contribution in [0.5, 0.6) is 0 Å². The number of rotatable bonds is 1. The van der Waals surface area contributed by atoms with Gasteiger partial charge in [0.2, 0.25) is 0 Å². The lowest BCUT2D eigenvalue weighted by Gasteiger charge is -2.46. The summed E-state index contributed by atoms with van der Waals surface area (Å²) in [5, 5.41) is 9.65. The summed E-state index contributed by atoms with van der Waals surface area (Å²) in [4.78, 5) is 2.75. The molecule has 1 saturated carbocycles. The van der Waals surface area contributed by atoms with Crippen molar-refractivity contribution < 1.29 is 5.11 Å². The zero-order chi connectivity index (χ0) is 8.84. The van der Waals surface area contributed by atoms with Gasteiger partial charge in [-0.1, -0.05) is 6.42 Å². The Morgan fingerprint density at radius 3 is 1.92 bits per heavy atom. The molecule has 0 radical (unpaired) electrons. The first-order valence-corrected chi connectivity index (χ1v) is 5.80. The van der Waals surface area contributed by atoms with E-state index in [0.29, 0.717) is 0 Å². The van der Waals surface area contributed by atoms with Crippen molar-refractivity contribution >= 4 is 0 Å². The van der Waals surface area contributed by atoms with Crippen molar-refractivity contribution in [3.05, 3.63) is 0 Å². The molecule has 0 aromatic carbocycles. The monoisotopic (exact) mass is 181 g/mol. The van der Waals surface area contributed by atoms with E-state index in [1.54, 1.807) is 0 Å². The van der Waals surface area contributed by atoms with Crippen LogP contribution >= 0.6 is 0 Å². The fourth-order valence-corrected chi connectivity index (χ4v) is 3.47. The molecule has 0 aromatic heterocycles. The van der Waals surface area contributed by atoms with Gasteiger partial charge in [-0.15, -0.1) is 0 Å². The molecule has 3 aliphatic rings. The van der Waals surface area contributed by atoms with Crippen LogP contribution in [0.25, 0.3) is 0 Å². The minimum Gasteiger partial charge on any atom is -0.393 e. The number of piperidine rings is 1. The van der Waals surface area contributed by atoms with Gasteiger partial charge >= 0.3 is 0 Å². The second-order valence-corrected chi connectivity index (χ2v) is 5.04. The zero-order valence-electron chi connectivity index (χ0n) is 8.15. The number of hydrogen-bond acceptors (Lipinski definition) is 2. The number of fused-ring (bicyclic) bond motifs is 2. The van der Waals surface area contributed by atoms with E-state index >= 15 is 0 Å². The fourth-order valence-electron chi connectivity index (χ4n) is 3.47. The normalized spacial score (nSPS) is 46.4. The molecule has 2 heteroatoms. The van der Waals surface area contributed by atoms with Crippen molar-refractivity contribution in [1.82, 2.24) is 4.90 Å². The molecule has 2 saturated heterocycles. The third-order valence-electron chi connectivity index (χ3n) is 4.26. The highest BCUT2D eigenvalue weighted by atomic mass is 16.3. The van der Waals surface area contributed by atoms with E-state index in [-0.39, 0.29) is 6.10 Å². The van der Waals surface area contributed by atoms with Gasteiger partial charge in [-0.05, 0) is 38.5 Å². The Labute approximate surface area is 79.9 Å². The first kappa shape index (κ1) is 8.25. The average molecular weight is 181 g/mol. The molecule has 13 heavy (non-hydrogen) atoms. The van der Waals surface area contributed by atoms with E-state index in [2.05, 4.69) is 4.90 Å². The van der Waals surface area contributed by atoms with Crippen molar-refractivity contribution in [2.24, 2.45) is 0 Å². The Bertz CT molecular complexity index is 188. The lowest BCUT2D eigenvalue weighted by Crippen LogP contribution is -2.52. The van der Waals surface area contributed by atoms with Crippen molar-refractivity contribution in [2.45, 2.75) is 69.2 Å². The Morgan fingerprint density at radius 1 is 0.846 bits per heavy atom. The van der Waals surface area contributed by atoms with Gasteiger partial charge in [0.05, 0.1) is 6.10 Å². The molecule has 1 unspecified atom stereocenters. The standard InChI is InChI=1S/C11H19NO/c13-11-6-9-4-5-10(7-11)12(9)8-2-1-3-8/h8-11,13H,1-7H2/t9-,10+,11?. The predicted molar refractivity (Wildman–Crippen MR) is 51.5 cm³/mol. The summed E-state index contributed by atoms with van der Waals surface area (Å²) in [6.45, 7) is 0. The van der Waals surface area contributed by atoms with Gasteiger partial charge in [-0.3, -0.25) is 4.90 Å². The van der Waals surface area contributed by atoms with Crippen molar-refractivity contribution in [2.75, 3.05) is 0 Å². The smallest absolute Gasteiger partial charge is 0.0570 e. The average Bonchev–Trinajstić information content (AvgIpc) is 2.30. The largest absolute Gasteiger partial charge is 0.393 e. The number of aliphatic hydroxyl groups is 1. The van der Waals surface area contributed by atoms with Crippen LogP contribution in [0.2, 0.25) is 0 Å². The lowest BCUT2D eigenvalue weighted by atomic mass is 9.87. The van der Waals surface area contributed by atoms with Gasteiger partial charge < -0.3 is 5.11 Å². The topological polar surface area (TPSA) is 23.5 Å². The van der Waals surface area contributed by atoms with E-state index in [1.807, 2.05) is 0 Å². The SMILES string of the molecule is OC1C[C@H]2CC[C@@H](C1)N2C1CCC1. The summed E-state index contributed by atoms with van der Waals surface area (Å²) < 4.78 is 0. The molecule has 3 rings (SSSR count). The molecule has 0 amide bonds. The van der Waals surface area contributed by atoms with Crippen LogP contribution in [0.1, 0.15) is 44.9 Å². The van der Waals surface area contributed by atoms with Crippen LogP contribution in [-0.2, 0) is 0 Å². The first-order chi connectivity index (χ1) is 6.34. The maximum Gasteiger partial charge on any atom is 0.0570 e. The summed E-state index contributed by atoms with van der Waals surface area (Å²) in [6, 6.07) is 2.36. The molecule has 3 atom stereocenters. The van der Waals surface area contributed by atoms with Crippen LogP contribution in [0.4, 0.5) is 0 Å². The number of hydrogen-bond donors (Lipinski definition) is 1. The third-order valence-corrected chi connectivity index (χ3v) is 4.26. The van der Waals surface area contributed by atoms with E-state index in [1.165, 1.54) is 32.1 Å². The second-order valence-electron chi connectivity index (χ2n) is 5.04. The minimum atomic E-state index is 0.00817. The number of nitrogens with zero attached hydrogens (tertiary/aromatic N) is 1. The van der Waals surface area contributed by atoms with Gasteiger partial charge in [0.15, 0.2) is 0 Å². The lowest BCUT2D eigenvalue weighted by molar-refractivity contribution is -0.0109. The fraction of sp³-hybridized carbons (Fsp3) is 1.00. The Morgan fingerprint density at radius 2 is 1.46 bits per heavy atom. The molecular weight excluding hydrogens is 162 g/mol. The molecule has 0 spiro atoms. The highest BCUT2D eigenvalue weighted by Crippen LogP contribution is 2.41. The molecule has 1 N–H and O–H groups in total. The summed E-state index contributed by atoms with van der Waals surface area (Å²) in [6.07, 6.45) is 9.07. The van der Waals surface area contributed by atoms with Crippen molar-refractivity contribution in [3.63, 3.8) is 0 Å². The van der Waals surface area contributed by atoms with Crippen molar-refractivity contribution in [1.29, 1.82) is 0 Å². The van der Waals surface area contributed by atoms with Gasteiger partial charge in [-0.2, -0.15) is 0 Å². The van der Waals surface area contributed by atoms with Gasteiger partial charge in [0.1, 0.15) is 0 Å². The van der Waals surface area contributed by atoms with E-state index in [9.17, 15) is 5.11 Å². The second kappa shape index (κ2) is 2.96. The van der Waals surface area contributed by atoms with E-state index in [0.717, 1.165) is 31.0 Å². The third kappa shape index (κ3) is 1.23. The van der Waals surface area contributed by atoms with Crippen LogP contribution in [0, 0.1) is 0 Å². The van der Waals surface area contributed by atoms with E-state index in [4.69, 9.17) is 0 Å². The predicted octanol–water partition coefficient (Wildman–Crippen LogP) is 1.53. The van der Waals surface area contributed by atoms with Crippen LogP contribution in [0.3, 0.4) is 0 Å². The highest BCUT2D eigenvalue weighted by Gasteiger charge is 2.44. The molecule has 0 aromatic rings. The Kier molecular flexibility index (Phi) is 1.88. The first-order valence-electron chi connectivity index (χ1n) is 5.80. The van der Waals surface area contributed by atoms with E-state index < -0.39 is 0 Å². The van der Waals surface area contributed by atoms with Gasteiger partial charge in [0.25, 0.3) is 0 Å². The van der Waals surface area contributed by atoms with Crippen molar-refractivity contribution in [3.8, 4) is 0 Å². The molecule has 1 aliphatic carbocycles. The van der Waals surface area contributed by atoms with Gasteiger partial charge in [0, 0.05) is 18.1 Å². The molecule has 2 aliphatic heterocycles. The van der Waals surface area contributed by atoms with Crippen LogP contribution in [-0.4, -0.2) is 34.2 Å². The Balaban J connectivity index is 1.74. The Hall–Kier alpha value is -0.0800. The minimum absolute atomic E-state index is 0.00817. The highest BCUT2D eigenvalue weighted by molar-refractivity contribution is 4.99. The van der Waals surface area contributed by atoms with Crippen LogP contribution in [0.15, 0.2) is 0 Å². The molecule has 2 bridgehead atoms.